The second-order valence-electron chi connectivity index (χ2n) is 5.68. The van der Waals surface area contributed by atoms with Gasteiger partial charge in [0.25, 0.3) is 0 Å². The Morgan fingerprint density at radius 2 is 2.05 bits per heavy atom. The van der Waals surface area contributed by atoms with Crippen LogP contribution < -0.4 is 10.0 Å². The van der Waals surface area contributed by atoms with E-state index in [9.17, 15) is 12.8 Å². The van der Waals surface area contributed by atoms with Crippen molar-refractivity contribution >= 4 is 10.0 Å². The molecule has 2 rings (SSSR count). The summed E-state index contributed by atoms with van der Waals surface area (Å²) in [5.74, 6) is -0.710. The van der Waals surface area contributed by atoms with Crippen LogP contribution in [0.4, 0.5) is 4.39 Å². The average molecular weight is 300 g/mol. The quantitative estimate of drug-likeness (QED) is 0.810. The van der Waals surface area contributed by atoms with Crippen molar-refractivity contribution in [2.45, 2.75) is 38.1 Å². The molecule has 1 aliphatic rings. The van der Waals surface area contributed by atoms with Gasteiger partial charge in [-0.1, -0.05) is 19.9 Å². The van der Waals surface area contributed by atoms with Gasteiger partial charge in [-0.25, -0.2) is 17.5 Å². The van der Waals surface area contributed by atoms with Crippen LogP contribution in [0.1, 0.15) is 32.3 Å². The molecule has 0 radical (unpaired) electrons. The maximum Gasteiger partial charge on any atom is 0.243 e. The highest BCUT2D eigenvalue weighted by molar-refractivity contribution is 7.89. The first-order valence-electron chi connectivity index (χ1n) is 6.85. The number of rotatable bonds is 7. The summed E-state index contributed by atoms with van der Waals surface area (Å²) < 4.78 is 40.7. The van der Waals surface area contributed by atoms with E-state index in [1.807, 2.05) is 13.8 Å². The van der Waals surface area contributed by atoms with Gasteiger partial charge in [-0.05, 0) is 42.5 Å². The second-order valence-corrected chi connectivity index (χ2v) is 7.42. The zero-order valence-corrected chi connectivity index (χ0v) is 12.7. The molecule has 0 spiro atoms. The minimum absolute atomic E-state index is 0.0466. The molecule has 0 aromatic heterocycles. The zero-order valence-electron chi connectivity index (χ0n) is 11.9. The van der Waals surface area contributed by atoms with Crippen LogP contribution in [0.2, 0.25) is 0 Å². The predicted octanol–water partition coefficient (Wildman–Crippen LogP) is 2.01. The van der Waals surface area contributed by atoms with Crippen molar-refractivity contribution in [1.29, 1.82) is 0 Å². The van der Waals surface area contributed by atoms with Crippen molar-refractivity contribution in [1.82, 2.24) is 10.0 Å². The summed E-state index contributed by atoms with van der Waals surface area (Å²) >= 11 is 0. The Balaban J connectivity index is 2.16. The van der Waals surface area contributed by atoms with Crippen molar-refractivity contribution in [2.75, 3.05) is 13.1 Å². The van der Waals surface area contributed by atoms with E-state index in [0.29, 0.717) is 13.1 Å². The summed E-state index contributed by atoms with van der Waals surface area (Å²) in [7, 11) is -3.78. The Morgan fingerprint density at radius 1 is 1.35 bits per heavy atom. The lowest BCUT2D eigenvalue weighted by atomic mass is 10.2. The first-order valence-corrected chi connectivity index (χ1v) is 8.33. The van der Waals surface area contributed by atoms with Gasteiger partial charge < -0.3 is 5.32 Å². The van der Waals surface area contributed by atoms with Crippen LogP contribution in [0, 0.1) is 11.2 Å². The van der Waals surface area contributed by atoms with E-state index < -0.39 is 15.8 Å². The lowest BCUT2D eigenvalue weighted by Crippen LogP contribution is -2.30. The normalized spacial score (nSPS) is 17.1. The number of hydrogen-bond donors (Lipinski definition) is 2. The molecule has 6 heteroatoms. The highest BCUT2D eigenvalue weighted by Crippen LogP contribution is 2.44. The topological polar surface area (TPSA) is 58.2 Å². The Kier molecular flexibility index (Phi) is 4.46. The molecule has 2 N–H and O–H groups in total. The molecule has 1 aliphatic carbocycles. The van der Waals surface area contributed by atoms with Gasteiger partial charge in [0, 0.05) is 13.1 Å². The smallest absolute Gasteiger partial charge is 0.243 e. The van der Waals surface area contributed by atoms with Gasteiger partial charge in [-0.15, -0.1) is 0 Å². The van der Waals surface area contributed by atoms with Crippen molar-refractivity contribution in [2.24, 2.45) is 5.41 Å². The van der Waals surface area contributed by atoms with Crippen LogP contribution in [0.15, 0.2) is 23.1 Å². The molecule has 0 saturated heterocycles. The fourth-order valence-electron chi connectivity index (χ4n) is 1.87. The molecular formula is C14H21FN2O2S. The van der Waals surface area contributed by atoms with Gasteiger partial charge in [-0.2, -0.15) is 0 Å². The molecule has 1 aromatic carbocycles. The van der Waals surface area contributed by atoms with Crippen molar-refractivity contribution < 1.29 is 12.8 Å². The first kappa shape index (κ1) is 15.4. The molecule has 0 atom stereocenters. The summed E-state index contributed by atoms with van der Waals surface area (Å²) in [6, 6.07) is 4.20. The molecule has 0 bridgehead atoms. The molecule has 1 aromatic rings. The van der Waals surface area contributed by atoms with Gasteiger partial charge in [-0.3, -0.25) is 0 Å². The molecule has 112 valence electrons. The number of benzene rings is 1. The van der Waals surface area contributed by atoms with E-state index in [2.05, 4.69) is 10.0 Å². The van der Waals surface area contributed by atoms with Gasteiger partial charge in [0.05, 0.1) is 0 Å². The number of sulfonamides is 1. The van der Waals surface area contributed by atoms with Crippen molar-refractivity contribution in [3.05, 3.63) is 29.6 Å². The van der Waals surface area contributed by atoms with E-state index in [4.69, 9.17) is 0 Å². The monoisotopic (exact) mass is 300 g/mol. The predicted molar refractivity (Wildman–Crippen MR) is 76.3 cm³/mol. The molecule has 1 fully saturated rings. The molecule has 0 unspecified atom stereocenters. The summed E-state index contributed by atoms with van der Waals surface area (Å²) in [5.41, 5.74) is 0.802. The number of hydrogen-bond acceptors (Lipinski definition) is 3. The Bertz CT molecular complexity index is 583. The van der Waals surface area contributed by atoms with Gasteiger partial charge in [0.2, 0.25) is 10.0 Å². The van der Waals surface area contributed by atoms with E-state index in [-0.39, 0.29) is 10.3 Å². The van der Waals surface area contributed by atoms with Crippen LogP contribution in [0.25, 0.3) is 0 Å². The molecule has 0 aliphatic heterocycles. The Labute approximate surface area is 119 Å². The highest BCUT2D eigenvalue weighted by Gasteiger charge is 2.38. The molecular weight excluding hydrogens is 279 g/mol. The van der Waals surface area contributed by atoms with Crippen LogP contribution in [0.3, 0.4) is 0 Å². The lowest BCUT2D eigenvalue weighted by Gasteiger charge is -2.12. The summed E-state index contributed by atoms with van der Waals surface area (Å²) in [5, 5.41) is 3.09. The summed E-state index contributed by atoms with van der Waals surface area (Å²) in [6.07, 6.45) is 2.02. The van der Waals surface area contributed by atoms with Gasteiger partial charge >= 0.3 is 0 Å². The molecule has 0 heterocycles. The third-order valence-electron chi connectivity index (χ3n) is 3.66. The van der Waals surface area contributed by atoms with E-state index in [1.54, 1.807) is 6.07 Å². The maximum absolute atomic E-state index is 13.8. The van der Waals surface area contributed by atoms with Crippen molar-refractivity contribution in [3.8, 4) is 0 Å². The third-order valence-corrected chi connectivity index (χ3v) is 5.07. The minimum atomic E-state index is -3.78. The van der Waals surface area contributed by atoms with Crippen LogP contribution in [-0.4, -0.2) is 21.5 Å². The molecule has 4 nitrogen and oxygen atoms in total. The van der Waals surface area contributed by atoms with Crippen molar-refractivity contribution in [3.63, 3.8) is 0 Å². The highest BCUT2D eigenvalue weighted by atomic mass is 32.2. The fraction of sp³-hybridized carbons (Fsp3) is 0.571. The Morgan fingerprint density at radius 3 is 2.65 bits per heavy atom. The SMILES string of the molecule is CCNCc1ccc(F)c(S(=O)(=O)NCC2(C)CC2)c1. The second kappa shape index (κ2) is 5.79. The standard InChI is InChI=1S/C14H21FN2O2S/c1-3-16-9-11-4-5-12(15)13(8-11)20(18,19)17-10-14(2)6-7-14/h4-5,8,16-17H,3,6-7,9-10H2,1-2H3. The number of halogens is 1. The summed E-state index contributed by atoms with van der Waals surface area (Å²) in [6.45, 7) is 5.64. The molecule has 20 heavy (non-hydrogen) atoms. The average Bonchev–Trinajstić information content (AvgIpc) is 3.14. The minimum Gasteiger partial charge on any atom is -0.313 e. The molecule has 0 amide bonds. The van der Waals surface area contributed by atoms with Crippen LogP contribution >= 0.6 is 0 Å². The van der Waals surface area contributed by atoms with E-state index in [0.717, 1.165) is 24.9 Å². The van der Waals surface area contributed by atoms with Crippen LogP contribution in [-0.2, 0) is 16.6 Å². The first-order chi connectivity index (χ1) is 9.36. The molecule has 1 saturated carbocycles. The largest absolute Gasteiger partial charge is 0.313 e. The maximum atomic E-state index is 13.8. The zero-order chi connectivity index (χ0) is 14.8. The van der Waals surface area contributed by atoms with Crippen LogP contribution in [0.5, 0.6) is 0 Å². The van der Waals surface area contributed by atoms with E-state index >= 15 is 0 Å². The van der Waals surface area contributed by atoms with E-state index in [1.165, 1.54) is 12.1 Å². The summed E-state index contributed by atoms with van der Waals surface area (Å²) in [4.78, 5) is -0.267. The number of nitrogens with one attached hydrogen (secondary N) is 2. The third kappa shape index (κ3) is 3.77. The van der Waals surface area contributed by atoms with Gasteiger partial charge in [0.15, 0.2) is 0 Å². The van der Waals surface area contributed by atoms with Gasteiger partial charge in [0.1, 0.15) is 10.7 Å². The fourth-order valence-corrected chi connectivity index (χ4v) is 3.20. The lowest BCUT2D eigenvalue weighted by molar-refractivity contribution is 0.521. The Hall–Kier alpha value is -0.980.